The van der Waals surface area contributed by atoms with Crippen molar-refractivity contribution in [2.75, 3.05) is 0 Å². The summed E-state index contributed by atoms with van der Waals surface area (Å²) in [5.41, 5.74) is 0.116. The maximum Gasteiger partial charge on any atom is 0.133 e. The Hall–Kier alpha value is -1.03. The van der Waals surface area contributed by atoms with E-state index in [1.165, 1.54) is 0 Å². The van der Waals surface area contributed by atoms with Gasteiger partial charge in [0.2, 0.25) is 0 Å². The fraction of sp³-hybridized carbons (Fsp3) is 0.364. The first kappa shape index (κ1) is 12.0. The number of nitrogens with one attached hydrogen (secondary N) is 1. The van der Waals surface area contributed by atoms with E-state index in [0.29, 0.717) is 0 Å². The molecule has 0 aliphatic rings. The minimum atomic E-state index is -0.503. The summed E-state index contributed by atoms with van der Waals surface area (Å²) in [6, 6.07) is 3.41. The molecule has 82 valence electrons. The zero-order chi connectivity index (χ0) is 11.4. The monoisotopic (exact) mass is 229 g/mol. The highest BCUT2D eigenvalue weighted by Crippen LogP contribution is 2.10. The third-order valence-electron chi connectivity index (χ3n) is 2.16. The lowest BCUT2D eigenvalue weighted by Crippen LogP contribution is -2.31. The Labute approximate surface area is 93.5 Å². The first-order chi connectivity index (χ1) is 7.04. The zero-order valence-electron chi connectivity index (χ0n) is 8.68. The highest BCUT2D eigenvalue weighted by Gasteiger charge is 2.10. The van der Waals surface area contributed by atoms with Gasteiger partial charge in [-0.2, -0.15) is 0 Å². The summed E-state index contributed by atoms with van der Waals surface area (Å²) in [6.45, 7) is 3.92. The molecule has 0 amide bonds. The van der Waals surface area contributed by atoms with Gasteiger partial charge < -0.3 is 5.32 Å². The van der Waals surface area contributed by atoms with E-state index < -0.39 is 11.6 Å². The number of benzene rings is 1. The van der Waals surface area contributed by atoms with Gasteiger partial charge in [-0.1, -0.05) is 19.1 Å². The predicted molar refractivity (Wildman–Crippen MR) is 60.9 cm³/mol. The maximum absolute atomic E-state index is 13.3. The summed E-state index contributed by atoms with van der Waals surface area (Å²) in [7, 11) is 0. The van der Waals surface area contributed by atoms with Crippen LogP contribution in [0.15, 0.2) is 18.2 Å². The van der Waals surface area contributed by atoms with Crippen LogP contribution in [0, 0.1) is 11.6 Å². The third-order valence-corrected chi connectivity index (χ3v) is 2.50. The number of hydrogen-bond acceptors (Lipinski definition) is 1. The Morgan fingerprint density at radius 3 is 2.73 bits per heavy atom. The minimum Gasteiger partial charge on any atom is -0.373 e. The molecule has 0 saturated heterocycles. The smallest absolute Gasteiger partial charge is 0.133 e. The van der Waals surface area contributed by atoms with Crippen molar-refractivity contribution in [1.29, 1.82) is 0 Å². The van der Waals surface area contributed by atoms with Crippen molar-refractivity contribution in [2.45, 2.75) is 26.3 Å². The van der Waals surface area contributed by atoms with Crippen LogP contribution in [0.1, 0.15) is 25.8 Å². The van der Waals surface area contributed by atoms with Gasteiger partial charge in [0.25, 0.3) is 0 Å². The Balaban J connectivity index is 2.86. The molecule has 1 rings (SSSR count). The Kier molecular flexibility index (Phi) is 4.15. The molecule has 4 heteroatoms. The largest absolute Gasteiger partial charge is 0.373 e. The molecule has 0 saturated carbocycles. The van der Waals surface area contributed by atoms with Crippen LogP contribution >= 0.6 is 12.2 Å². The van der Waals surface area contributed by atoms with Crippen molar-refractivity contribution >= 4 is 17.2 Å². The normalized spacial score (nSPS) is 12.3. The van der Waals surface area contributed by atoms with Crippen molar-refractivity contribution in [1.82, 2.24) is 5.32 Å². The fourth-order valence-electron chi connectivity index (χ4n) is 1.08. The molecular formula is C11H13F2NS. The molecule has 0 aliphatic carbocycles. The topological polar surface area (TPSA) is 12.0 Å². The molecule has 0 radical (unpaired) electrons. The van der Waals surface area contributed by atoms with Crippen molar-refractivity contribution in [3.8, 4) is 0 Å². The molecular weight excluding hydrogens is 216 g/mol. The molecule has 0 bridgehead atoms. The molecule has 0 spiro atoms. The molecule has 15 heavy (non-hydrogen) atoms. The van der Waals surface area contributed by atoms with E-state index in [4.69, 9.17) is 12.2 Å². The lowest BCUT2D eigenvalue weighted by Gasteiger charge is -2.14. The number of hydrogen-bond donors (Lipinski definition) is 1. The predicted octanol–water partition coefficient (Wildman–Crippen LogP) is 3.03. The van der Waals surface area contributed by atoms with E-state index in [1.807, 2.05) is 13.8 Å². The Morgan fingerprint density at radius 2 is 2.13 bits per heavy atom. The Morgan fingerprint density at radius 1 is 1.47 bits per heavy atom. The van der Waals surface area contributed by atoms with Crippen LogP contribution in [0.25, 0.3) is 0 Å². The molecule has 1 N–H and O–H groups in total. The van der Waals surface area contributed by atoms with Gasteiger partial charge in [-0.3, -0.25) is 0 Å². The third kappa shape index (κ3) is 3.23. The second-order valence-electron chi connectivity index (χ2n) is 3.41. The SMILES string of the molecule is CCC(C)NC(=S)c1cc(F)ccc1F. The van der Waals surface area contributed by atoms with Gasteiger partial charge >= 0.3 is 0 Å². The molecule has 0 heterocycles. The van der Waals surface area contributed by atoms with E-state index in [2.05, 4.69) is 5.32 Å². The molecule has 1 unspecified atom stereocenters. The van der Waals surface area contributed by atoms with E-state index >= 15 is 0 Å². The van der Waals surface area contributed by atoms with Gasteiger partial charge in [0.05, 0.1) is 0 Å². The van der Waals surface area contributed by atoms with Gasteiger partial charge in [-0.15, -0.1) is 0 Å². The average Bonchev–Trinajstić information content (AvgIpc) is 2.21. The zero-order valence-corrected chi connectivity index (χ0v) is 9.50. The molecule has 1 atom stereocenters. The summed E-state index contributed by atoms with van der Waals surface area (Å²) in [6.07, 6.45) is 0.872. The average molecular weight is 229 g/mol. The van der Waals surface area contributed by atoms with Crippen molar-refractivity contribution in [2.24, 2.45) is 0 Å². The molecule has 0 aromatic heterocycles. The summed E-state index contributed by atoms with van der Waals surface area (Å²) in [5.74, 6) is -0.989. The van der Waals surface area contributed by atoms with Crippen LogP contribution in [0.5, 0.6) is 0 Å². The summed E-state index contributed by atoms with van der Waals surface area (Å²) >= 11 is 4.99. The van der Waals surface area contributed by atoms with Crippen LogP contribution in [0.3, 0.4) is 0 Å². The highest BCUT2D eigenvalue weighted by atomic mass is 32.1. The number of halogens is 2. The van der Waals surface area contributed by atoms with Crippen LogP contribution in [-0.2, 0) is 0 Å². The Bertz CT molecular complexity index is 366. The first-order valence-electron chi connectivity index (χ1n) is 4.80. The summed E-state index contributed by atoms with van der Waals surface area (Å²) in [5, 5.41) is 2.94. The highest BCUT2D eigenvalue weighted by molar-refractivity contribution is 7.80. The van der Waals surface area contributed by atoms with E-state index in [-0.39, 0.29) is 16.6 Å². The van der Waals surface area contributed by atoms with Crippen molar-refractivity contribution < 1.29 is 8.78 Å². The summed E-state index contributed by atoms with van der Waals surface area (Å²) < 4.78 is 26.2. The molecule has 1 aromatic rings. The standard InChI is InChI=1S/C11H13F2NS/c1-3-7(2)14-11(15)9-6-8(12)4-5-10(9)13/h4-7H,3H2,1-2H3,(H,14,15). The lowest BCUT2D eigenvalue weighted by atomic mass is 10.2. The van der Waals surface area contributed by atoms with Crippen LogP contribution in [0.4, 0.5) is 8.78 Å². The van der Waals surface area contributed by atoms with Gasteiger partial charge in [-0.05, 0) is 31.5 Å². The second kappa shape index (κ2) is 5.16. The van der Waals surface area contributed by atoms with Gasteiger partial charge in [0, 0.05) is 11.6 Å². The second-order valence-corrected chi connectivity index (χ2v) is 3.82. The van der Waals surface area contributed by atoms with Gasteiger partial charge in [-0.25, -0.2) is 8.78 Å². The number of thiocarbonyl (C=S) groups is 1. The van der Waals surface area contributed by atoms with E-state index in [9.17, 15) is 8.78 Å². The first-order valence-corrected chi connectivity index (χ1v) is 5.21. The van der Waals surface area contributed by atoms with Crippen molar-refractivity contribution in [3.63, 3.8) is 0 Å². The lowest BCUT2D eigenvalue weighted by molar-refractivity contribution is 0.594. The maximum atomic E-state index is 13.3. The molecule has 1 aromatic carbocycles. The van der Waals surface area contributed by atoms with Crippen LogP contribution in [0.2, 0.25) is 0 Å². The number of rotatable bonds is 3. The van der Waals surface area contributed by atoms with Crippen LogP contribution in [-0.4, -0.2) is 11.0 Å². The fourth-order valence-corrected chi connectivity index (χ4v) is 1.43. The molecule has 0 fully saturated rings. The van der Waals surface area contributed by atoms with Gasteiger partial charge in [0.15, 0.2) is 0 Å². The van der Waals surface area contributed by atoms with E-state index in [0.717, 1.165) is 24.6 Å². The van der Waals surface area contributed by atoms with E-state index in [1.54, 1.807) is 0 Å². The molecule has 1 nitrogen and oxygen atoms in total. The van der Waals surface area contributed by atoms with Gasteiger partial charge in [0.1, 0.15) is 16.6 Å². The summed E-state index contributed by atoms with van der Waals surface area (Å²) in [4.78, 5) is 0.251. The quantitative estimate of drug-likeness (QED) is 0.800. The minimum absolute atomic E-state index is 0.116. The molecule has 0 aliphatic heterocycles. The van der Waals surface area contributed by atoms with Crippen LogP contribution < -0.4 is 5.32 Å². The van der Waals surface area contributed by atoms with Crippen molar-refractivity contribution in [3.05, 3.63) is 35.4 Å².